The first-order valence-electron chi connectivity index (χ1n) is 8.54. The van der Waals surface area contributed by atoms with Gasteiger partial charge in [-0.3, -0.25) is 9.78 Å². The number of carbonyl (C=O) groups excluding carboxylic acids is 1. The number of fused-ring (bicyclic) bond motifs is 5. The third-order valence-corrected chi connectivity index (χ3v) is 5.22. The van der Waals surface area contributed by atoms with E-state index in [0.29, 0.717) is 11.3 Å². The summed E-state index contributed by atoms with van der Waals surface area (Å²) in [5.41, 5.74) is 1.01. The Balaban J connectivity index is 1.53. The lowest BCUT2D eigenvalue weighted by Gasteiger charge is -2.26. The number of pyridine rings is 1. The van der Waals surface area contributed by atoms with E-state index >= 15 is 0 Å². The van der Waals surface area contributed by atoms with Crippen molar-refractivity contribution in [2.45, 2.75) is 25.3 Å². The molecule has 1 aromatic carbocycles. The van der Waals surface area contributed by atoms with Crippen LogP contribution in [0.15, 0.2) is 30.5 Å². The molecule has 2 bridgehead atoms. The average molecular weight is 320 g/mol. The van der Waals surface area contributed by atoms with Gasteiger partial charge in [0.1, 0.15) is 5.69 Å². The summed E-state index contributed by atoms with van der Waals surface area (Å²) < 4.78 is 0. The van der Waals surface area contributed by atoms with Gasteiger partial charge in [0.25, 0.3) is 5.91 Å². The van der Waals surface area contributed by atoms with Gasteiger partial charge in [-0.2, -0.15) is 5.26 Å². The van der Waals surface area contributed by atoms with E-state index in [1.807, 2.05) is 6.07 Å². The van der Waals surface area contributed by atoms with E-state index in [4.69, 9.17) is 5.26 Å². The molecule has 24 heavy (non-hydrogen) atoms. The Morgan fingerprint density at radius 2 is 2.08 bits per heavy atom. The van der Waals surface area contributed by atoms with Crippen molar-refractivity contribution in [2.75, 3.05) is 19.6 Å². The first kappa shape index (κ1) is 15.1. The van der Waals surface area contributed by atoms with E-state index < -0.39 is 0 Å². The molecule has 0 spiro atoms. The van der Waals surface area contributed by atoms with Gasteiger partial charge in [0.15, 0.2) is 0 Å². The molecule has 1 atom stereocenters. The van der Waals surface area contributed by atoms with Crippen molar-refractivity contribution in [3.63, 3.8) is 0 Å². The van der Waals surface area contributed by atoms with Crippen molar-refractivity contribution in [1.82, 2.24) is 15.2 Å². The maximum atomic E-state index is 12.6. The Morgan fingerprint density at radius 3 is 2.88 bits per heavy atom. The Hall–Kier alpha value is -2.45. The van der Waals surface area contributed by atoms with Gasteiger partial charge in [-0.1, -0.05) is 6.07 Å². The van der Waals surface area contributed by atoms with Crippen LogP contribution in [-0.2, 0) is 0 Å². The Kier molecular flexibility index (Phi) is 3.91. The number of carbonyl (C=O) groups is 1. The highest BCUT2D eigenvalue weighted by Gasteiger charge is 2.30. The quantitative estimate of drug-likeness (QED) is 0.922. The van der Waals surface area contributed by atoms with E-state index in [-0.39, 0.29) is 11.9 Å². The highest BCUT2D eigenvalue weighted by molar-refractivity contribution is 5.96. The summed E-state index contributed by atoms with van der Waals surface area (Å²) in [6, 6.07) is 9.53. The number of hydrogen-bond donors (Lipinski definition) is 1. The molecule has 5 heteroatoms. The lowest BCUT2D eigenvalue weighted by molar-refractivity contribution is 0.0924. The summed E-state index contributed by atoms with van der Waals surface area (Å²) in [4.78, 5) is 19.3. The van der Waals surface area contributed by atoms with Gasteiger partial charge in [0, 0.05) is 24.2 Å². The van der Waals surface area contributed by atoms with Crippen molar-refractivity contribution in [1.29, 1.82) is 5.26 Å². The number of amides is 1. The van der Waals surface area contributed by atoms with Gasteiger partial charge in [-0.15, -0.1) is 0 Å². The first-order valence-corrected chi connectivity index (χ1v) is 8.54. The van der Waals surface area contributed by atoms with E-state index in [1.54, 1.807) is 24.4 Å². The molecular weight excluding hydrogens is 300 g/mol. The lowest BCUT2D eigenvalue weighted by atomic mass is 9.94. The third kappa shape index (κ3) is 2.98. The standard InChI is InChI=1S/C19H20N4O/c20-10-14-1-2-15-11-21-18(9-16(15)7-14)19(24)22-17-8-13-3-5-23(12-17)6-4-13/h1-2,7,9,11,13,17H,3-6,8,12H2,(H,22,24)/t17-/m1/s1. The van der Waals surface area contributed by atoms with Crippen molar-refractivity contribution < 1.29 is 4.79 Å². The molecule has 0 aliphatic carbocycles. The van der Waals surface area contributed by atoms with E-state index in [9.17, 15) is 4.79 Å². The van der Waals surface area contributed by atoms with E-state index in [2.05, 4.69) is 21.3 Å². The number of aromatic nitrogens is 1. The molecule has 5 rings (SSSR count). The van der Waals surface area contributed by atoms with Crippen LogP contribution in [0.5, 0.6) is 0 Å². The zero-order valence-corrected chi connectivity index (χ0v) is 13.5. The number of benzene rings is 1. The number of nitriles is 1. The molecule has 3 aliphatic rings. The molecule has 3 aliphatic heterocycles. The monoisotopic (exact) mass is 320 g/mol. The molecule has 0 saturated carbocycles. The van der Waals surface area contributed by atoms with Crippen molar-refractivity contribution >= 4 is 16.7 Å². The second-order valence-corrected chi connectivity index (χ2v) is 6.89. The molecule has 4 heterocycles. The van der Waals surface area contributed by atoms with Crippen LogP contribution in [0.1, 0.15) is 35.3 Å². The number of nitrogens with zero attached hydrogens (tertiary/aromatic N) is 3. The number of nitrogens with one attached hydrogen (secondary N) is 1. The predicted molar refractivity (Wildman–Crippen MR) is 91.5 cm³/mol. The summed E-state index contributed by atoms with van der Waals surface area (Å²) in [7, 11) is 0. The summed E-state index contributed by atoms with van der Waals surface area (Å²) in [5, 5.41) is 14.0. The lowest BCUT2D eigenvalue weighted by Crippen LogP contribution is -2.42. The SMILES string of the molecule is N#Cc1ccc2cnc(C(=O)N[C@@H]3CC4CCN(CC4)C3)cc2c1. The van der Waals surface area contributed by atoms with Crippen molar-refractivity contribution in [2.24, 2.45) is 5.92 Å². The molecule has 1 amide bonds. The highest BCUT2D eigenvalue weighted by atomic mass is 16.1. The molecule has 3 fully saturated rings. The fraction of sp³-hybridized carbons (Fsp3) is 0.421. The summed E-state index contributed by atoms with van der Waals surface area (Å²) in [6.45, 7) is 3.25. The van der Waals surface area contributed by atoms with Crippen LogP contribution in [0.25, 0.3) is 10.8 Å². The van der Waals surface area contributed by atoms with Gasteiger partial charge in [0.05, 0.1) is 11.6 Å². The third-order valence-electron chi connectivity index (χ3n) is 5.22. The minimum Gasteiger partial charge on any atom is -0.347 e. The fourth-order valence-electron chi connectivity index (χ4n) is 3.89. The largest absolute Gasteiger partial charge is 0.347 e. The van der Waals surface area contributed by atoms with Crippen LogP contribution in [0.3, 0.4) is 0 Å². The molecule has 1 N–H and O–H groups in total. The Labute approximate surface area is 141 Å². The predicted octanol–water partition coefficient (Wildman–Crippen LogP) is 2.32. The molecule has 5 nitrogen and oxygen atoms in total. The Bertz CT molecular complexity index is 804. The molecular formula is C19H20N4O. The van der Waals surface area contributed by atoms with E-state index in [1.165, 1.54) is 12.8 Å². The molecule has 2 aromatic rings. The van der Waals surface area contributed by atoms with Gasteiger partial charge in [0.2, 0.25) is 0 Å². The number of rotatable bonds is 2. The van der Waals surface area contributed by atoms with Crippen LogP contribution in [0, 0.1) is 17.2 Å². The highest BCUT2D eigenvalue weighted by Crippen LogP contribution is 2.26. The Morgan fingerprint density at radius 1 is 1.25 bits per heavy atom. The van der Waals surface area contributed by atoms with Gasteiger partial charge in [-0.25, -0.2) is 0 Å². The molecule has 0 unspecified atom stereocenters. The molecule has 1 aromatic heterocycles. The van der Waals surface area contributed by atoms with Crippen LogP contribution < -0.4 is 5.32 Å². The van der Waals surface area contributed by atoms with Crippen molar-refractivity contribution in [3.05, 3.63) is 41.7 Å². The normalized spacial score (nSPS) is 25.9. The van der Waals surface area contributed by atoms with E-state index in [0.717, 1.165) is 42.7 Å². The molecule has 0 radical (unpaired) electrons. The van der Waals surface area contributed by atoms with Crippen LogP contribution in [-0.4, -0.2) is 41.5 Å². The molecule has 3 saturated heterocycles. The van der Waals surface area contributed by atoms with Crippen LogP contribution >= 0.6 is 0 Å². The second-order valence-electron chi connectivity index (χ2n) is 6.89. The smallest absolute Gasteiger partial charge is 0.270 e. The van der Waals surface area contributed by atoms with Gasteiger partial charge >= 0.3 is 0 Å². The summed E-state index contributed by atoms with van der Waals surface area (Å²) in [5.74, 6) is 0.614. The maximum Gasteiger partial charge on any atom is 0.270 e. The average Bonchev–Trinajstić information content (AvgIpc) is 2.93. The fourth-order valence-corrected chi connectivity index (χ4v) is 3.89. The maximum absolute atomic E-state index is 12.6. The van der Waals surface area contributed by atoms with Crippen LogP contribution in [0.4, 0.5) is 0 Å². The summed E-state index contributed by atoms with van der Waals surface area (Å²) >= 11 is 0. The minimum absolute atomic E-state index is 0.119. The summed E-state index contributed by atoms with van der Waals surface area (Å²) in [6.07, 6.45) is 5.26. The van der Waals surface area contributed by atoms with Gasteiger partial charge < -0.3 is 10.2 Å². The topological polar surface area (TPSA) is 69.0 Å². The van der Waals surface area contributed by atoms with Gasteiger partial charge in [-0.05, 0) is 61.9 Å². The zero-order valence-electron chi connectivity index (χ0n) is 13.5. The van der Waals surface area contributed by atoms with Crippen molar-refractivity contribution in [3.8, 4) is 6.07 Å². The zero-order chi connectivity index (χ0) is 16.5. The number of hydrogen-bond acceptors (Lipinski definition) is 4. The number of piperidine rings is 1. The van der Waals surface area contributed by atoms with Crippen LogP contribution in [0.2, 0.25) is 0 Å². The minimum atomic E-state index is -0.119. The second kappa shape index (κ2) is 6.21. The molecule has 122 valence electrons. The first-order chi connectivity index (χ1) is 11.7.